The Morgan fingerprint density at radius 2 is 2.05 bits per heavy atom. The van der Waals surface area contributed by atoms with E-state index in [1.807, 2.05) is 24.4 Å². The molecular formula is C29H40N6O3. The van der Waals surface area contributed by atoms with Gasteiger partial charge in [0.1, 0.15) is 11.5 Å². The molecule has 0 saturated carbocycles. The number of carbonyl (C=O) groups is 1. The van der Waals surface area contributed by atoms with Crippen LogP contribution in [0.4, 0.5) is 10.6 Å². The second kappa shape index (κ2) is 10.5. The van der Waals surface area contributed by atoms with Crippen LogP contribution in [0.5, 0.6) is 0 Å². The molecule has 0 spiro atoms. The molecule has 204 valence electrons. The number of anilines is 1. The third-order valence-corrected chi connectivity index (χ3v) is 8.28. The number of hydrogen-bond donors (Lipinski definition) is 3. The van der Waals surface area contributed by atoms with E-state index < -0.39 is 6.09 Å². The van der Waals surface area contributed by atoms with Crippen molar-refractivity contribution in [1.29, 1.82) is 0 Å². The summed E-state index contributed by atoms with van der Waals surface area (Å²) in [7, 11) is 2.12. The predicted molar refractivity (Wildman–Crippen MR) is 147 cm³/mol. The second-order valence-corrected chi connectivity index (χ2v) is 11.9. The van der Waals surface area contributed by atoms with E-state index in [1.54, 1.807) is 0 Å². The molecule has 1 aliphatic carbocycles. The van der Waals surface area contributed by atoms with Crippen LogP contribution in [0.15, 0.2) is 36.5 Å². The van der Waals surface area contributed by atoms with Crippen LogP contribution in [0.25, 0.3) is 5.65 Å². The number of pyridine rings is 2. The summed E-state index contributed by atoms with van der Waals surface area (Å²) in [5, 5.41) is 22.7. The van der Waals surface area contributed by atoms with Gasteiger partial charge in [-0.3, -0.25) is 14.3 Å². The molecule has 0 aromatic carbocycles. The molecule has 3 aromatic heterocycles. The summed E-state index contributed by atoms with van der Waals surface area (Å²) in [6, 6.07) is 10.3. The maximum Gasteiger partial charge on any atom is 0.404 e. The van der Waals surface area contributed by atoms with E-state index >= 15 is 0 Å². The minimum atomic E-state index is -0.979. The summed E-state index contributed by atoms with van der Waals surface area (Å²) in [4.78, 5) is 25.8. The number of nitrogens with one attached hydrogen (secondary N) is 1. The molecule has 5 rings (SSSR count). The lowest BCUT2D eigenvalue weighted by Gasteiger charge is -2.35. The van der Waals surface area contributed by atoms with Crippen molar-refractivity contribution in [2.24, 2.45) is 11.3 Å². The fraction of sp³-hybridized carbons (Fsp3) is 0.552. The number of rotatable bonds is 7. The molecule has 38 heavy (non-hydrogen) atoms. The highest BCUT2D eigenvalue weighted by Crippen LogP contribution is 2.36. The number of aryl methyl sites for hydroxylation is 1. The minimum Gasteiger partial charge on any atom is -0.465 e. The third-order valence-electron chi connectivity index (χ3n) is 8.28. The first-order valence-electron chi connectivity index (χ1n) is 13.7. The molecule has 2 aliphatic rings. The van der Waals surface area contributed by atoms with E-state index in [-0.39, 0.29) is 30.0 Å². The largest absolute Gasteiger partial charge is 0.465 e. The van der Waals surface area contributed by atoms with Crippen molar-refractivity contribution in [1.82, 2.24) is 24.6 Å². The lowest BCUT2D eigenvalue weighted by atomic mass is 9.78. The average molecular weight is 521 g/mol. The Balaban J connectivity index is 1.42. The van der Waals surface area contributed by atoms with E-state index in [2.05, 4.69) is 59.5 Å². The van der Waals surface area contributed by atoms with E-state index in [0.717, 1.165) is 67.3 Å². The normalized spacial score (nSPS) is 20.6. The fourth-order valence-corrected chi connectivity index (χ4v) is 6.52. The van der Waals surface area contributed by atoms with Crippen molar-refractivity contribution in [2.75, 3.05) is 25.0 Å². The van der Waals surface area contributed by atoms with Gasteiger partial charge >= 0.3 is 6.09 Å². The van der Waals surface area contributed by atoms with Gasteiger partial charge in [-0.05, 0) is 67.8 Å². The van der Waals surface area contributed by atoms with Crippen LogP contribution >= 0.6 is 0 Å². The second-order valence-electron chi connectivity index (χ2n) is 11.9. The van der Waals surface area contributed by atoms with Gasteiger partial charge in [0.15, 0.2) is 0 Å². The van der Waals surface area contributed by atoms with Crippen molar-refractivity contribution in [2.45, 2.75) is 71.7 Å². The van der Waals surface area contributed by atoms with Crippen molar-refractivity contribution in [3.05, 3.63) is 59.2 Å². The highest BCUT2D eigenvalue weighted by atomic mass is 16.4. The molecule has 9 nitrogen and oxygen atoms in total. The summed E-state index contributed by atoms with van der Waals surface area (Å²) in [5.41, 5.74) is 4.78. The molecule has 3 N–H and O–H groups in total. The molecule has 0 bridgehead atoms. The Morgan fingerprint density at radius 1 is 1.24 bits per heavy atom. The van der Waals surface area contributed by atoms with Gasteiger partial charge in [-0.25, -0.2) is 9.78 Å². The molecule has 1 saturated heterocycles. The number of hydrogen-bond acceptors (Lipinski definition) is 6. The maximum atomic E-state index is 11.5. The summed E-state index contributed by atoms with van der Waals surface area (Å²) < 4.78 is 2.08. The number of imidazole rings is 1. The summed E-state index contributed by atoms with van der Waals surface area (Å²) in [5.74, 6) is 1.18. The zero-order valence-corrected chi connectivity index (χ0v) is 22.9. The van der Waals surface area contributed by atoms with Crippen molar-refractivity contribution < 1.29 is 15.0 Å². The van der Waals surface area contributed by atoms with E-state index in [9.17, 15) is 15.0 Å². The van der Waals surface area contributed by atoms with Crippen LogP contribution in [0, 0.1) is 11.3 Å². The number of amides is 1. The molecule has 1 fully saturated rings. The Labute approximate surface area is 224 Å². The maximum absolute atomic E-state index is 11.5. The molecule has 4 heterocycles. The van der Waals surface area contributed by atoms with Gasteiger partial charge in [0, 0.05) is 31.9 Å². The van der Waals surface area contributed by atoms with Crippen molar-refractivity contribution in [3.8, 4) is 0 Å². The monoisotopic (exact) mass is 520 g/mol. The summed E-state index contributed by atoms with van der Waals surface area (Å²) in [6.07, 6.45) is 5.06. The van der Waals surface area contributed by atoms with Crippen LogP contribution in [0.3, 0.4) is 0 Å². The molecule has 3 atom stereocenters. The lowest BCUT2D eigenvalue weighted by Crippen LogP contribution is -2.49. The number of aliphatic hydroxyl groups is 1. The Kier molecular flexibility index (Phi) is 7.33. The molecule has 0 radical (unpaired) electrons. The van der Waals surface area contributed by atoms with Gasteiger partial charge in [0.25, 0.3) is 0 Å². The third kappa shape index (κ3) is 5.09. The zero-order valence-electron chi connectivity index (χ0n) is 22.9. The SMILES string of the molecule is CN(Cc1nc2cccc(N3CC[C@@H](C(NC(=O)O)C(C)(C)C)C3)n2c1CO)[C@H]1CCCc2cccnc21. The van der Waals surface area contributed by atoms with E-state index in [1.165, 1.54) is 5.56 Å². The molecule has 1 aliphatic heterocycles. The Hall–Kier alpha value is -3.17. The zero-order chi connectivity index (χ0) is 27.0. The highest BCUT2D eigenvalue weighted by molar-refractivity contribution is 5.65. The first-order valence-corrected chi connectivity index (χ1v) is 13.7. The van der Waals surface area contributed by atoms with Gasteiger partial charge in [-0.2, -0.15) is 0 Å². The van der Waals surface area contributed by atoms with E-state index in [4.69, 9.17) is 9.97 Å². The molecular weight excluding hydrogens is 480 g/mol. The average Bonchev–Trinajstić information content (AvgIpc) is 3.50. The molecule has 3 aromatic rings. The molecule has 9 heteroatoms. The Morgan fingerprint density at radius 3 is 2.79 bits per heavy atom. The van der Waals surface area contributed by atoms with E-state index in [0.29, 0.717) is 6.54 Å². The van der Waals surface area contributed by atoms with Gasteiger partial charge in [-0.1, -0.05) is 32.9 Å². The van der Waals surface area contributed by atoms with Crippen LogP contribution in [0.1, 0.15) is 68.7 Å². The first kappa shape index (κ1) is 26.4. The lowest BCUT2D eigenvalue weighted by molar-refractivity contribution is 0.157. The summed E-state index contributed by atoms with van der Waals surface area (Å²) in [6.45, 7) is 8.32. The first-order chi connectivity index (χ1) is 18.2. The predicted octanol–water partition coefficient (Wildman–Crippen LogP) is 4.24. The van der Waals surface area contributed by atoms with Crippen LogP contribution in [0.2, 0.25) is 0 Å². The Bertz CT molecular complexity index is 1300. The smallest absolute Gasteiger partial charge is 0.404 e. The van der Waals surface area contributed by atoms with Crippen molar-refractivity contribution in [3.63, 3.8) is 0 Å². The topological polar surface area (TPSA) is 106 Å². The summed E-state index contributed by atoms with van der Waals surface area (Å²) >= 11 is 0. The number of aliphatic hydroxyl groups excluding tert-OH is 1. The number of carboxylic acid groups (broad SMARTS) is 1. The standard InChI is InChI=1S/C29H40N6O3/c1-29(2,3)27(32-28(37)38)20-13-15-34(16-20)25-12-6-11-24-31-21(23(18-36)35(24)25)17-33(4)22-10-5-8-19-9-7-14-30-26(19)22/h6-7,9,11-12,14,20,22,27,32,36H,5,8,10,13,15-18H2,1-4H3,(H,37,38)/t20-,22+,27?/m1/s1. The number of aromatic nitrogens is 3. The highest BCUT2D eigenvalue weighted by Gasteiger charge is 2.38. The number of fused-ring (bicyclic) bond motifs is 2. The minimum absolute atomic E-state index is 0.108. The van der Waals surface area contributed by atoms with Gasteiger partial charge in [-0.15, -0.1) is 0 Å². The number of nitrogens with zero attached hydrogens (tertiary/aromatic N) is 5. The van der Waals surface area contributed by atoms with Gasteiger partial charge in [0.05, 0.1) is 29.7 Å². The molecule has 1 unspecified atom stereocenters. The van der Waals surface area contributed by atoms with Crippen LogP contribution < -0.4 is 10.2 Å². The fourth-order valence-electron chi connectivity index (χ4n) is 6.52. The quantitative estimate of drug-likeness (QED) is 0.428. The van der Waals surface area contributed by atoms with Crippen molar-refractivity contribution >= 4 is 17.6 Å². The van der Waals surface area contributed by atoms with Crippen LogP contribution in [-0.4, -0.2) is 61.8 Å². The van der Waals surface area contributed by atoms with Gasteiger partial charge < -0.3 is 20.4 Å². The van der Waals surface area contributed by atoms with Gasteiger partial charge in [0.2, 0.25) is 0 Å². The van der Waals surface area contributed by atoms with Crippen LogP contribution in [-0.2, 0) is 19.6 Å². The molecule has 1 amide bonds.